The molecule has 9 nitrogen and oxygen atoms in total. The van der Waals surface area contributed by atoms with Crippen molar-refractivity contribution in [3.8, 4) is 0 Å². The molecule has 1 atom stereocenters. The zero-order chi connectivity index (χ0) is 25.8. The van der Waals surface area contributed by atoms with Gasteiger partial charge in [-0.05, 0) is 17.9 Å². The number of carbonyl (C=O) groups is 3. The van der Waals surface area contributed by atoms with Crippen molar-refractivity contribution in [1.82, 2.24) is 10.8 Å². The third-order valence-corrected chi connectivity index (χ3v) is 6.67. The number of H-pyrrole nitrogens is 1. The van der Waals surface area contributed by atoms with E-state index in [-0.39, 0.29) is 37.1 Å². The molecule has 0 unspecified atom stereocenters. The summed E-state index contributed by atoms with van der Waals surface area (Å²) in [6.07, 6.45) is 9.45. The van der Waals surface area contributed by atoms with Crippen molar-refractivity contribution in [1.29, 1.82) is 0 Å². The minimum Gasteiger partial charge on any atom is -0.468 e. The second-order valence-electron chi connectivity index (χ2n) is 9.42. The monoisotopic (exact) mass is 500 g/mol. The highest BCUT2D eigenvalue weighted by atomic mass is 16.6. The van der Waals surface area contributed by atoms with Crippen molar-refractivity contribution in [2.45, 2.75) is 77.2 Å². The maximum atomic E-state index is 12.7. The van der Waals surface area contributed by atoms with E-state index in [4.69, 9.17) is 9.25 Å². The molecule has 1 aromatic carbocycles. The number of methoxy groups -OCH3 is 1. The number of oxazole rings is 1. The Balaban J connectivity index is 1.61. The molecule has 1 fully saturated rings. The summed E-state index contributed by atoms with van der Waals surface area (Å²) in [5.74, 6) is 0.0943. The van der Waals surface area contributed by atoms with Gasteiger partial charge in [0.2, 0.25) is 5.91 Å². The lowest BCUT2D eigenvalue weighted by atomic mass is 9.84. The Morgan fingerprint density at radius 3 is 2.61 bits per heavy atom. The lowest BCUT2D eigenvalue weighted by molar-refractivity contribution is -0.404. The number of amides is 2. The molecule has 1 aliphatic rings. The summed E-state index contributed by atoms with van der Waals surface area (Å²) in [4.78, 5) is 45.0. The summed E-state index contributed by atoms with van der Waals surface area (Å²) < 4.78 is 10.5. The summed E-state index contributed by atoms with van der Waals surface area (Å²) in [5.41, 5.74) is 3.72. The smallest absolute Gasteiger partial charge is 0.349 e. The van der Waals surface area contributed by atoms with Gasteiger partial charge in [0, 0.05) is 13.3 Å². The van der Waals surface area contributed by atoms with E-state index in [1.165, 1.54) is 39.2 Å². The first-order valence-electron chi connectivity index (χ1n) is 12.8. The third kappa shape index (κ3) is 8.78. The minimum atomic E-state index is -0.544. The van der Waals surface area contributed by atoms with E-state index < -0.39 is 11.9 Å². The van der Waals surface area contributed by atoms with Crippen LogP contribution in [0.15, 0.2) is 34.7 Å². The van der Waals surface area contributed by atoms with Crippen molar-refractivity contribution in [3.63, 3.8) is 0 Å². The van der Waals surface area contributed by atoms with E-state index in [2.05, 4.69) is 20.5 Å². The number of hydrogen-bond acceptors (Lipinski definition) is 6. The Morgan fingerprint density at radius 1 is 1.14 bits per heavy atom. The van der Waals surface area contributed by atoms with E-state index >= 15 is 0 Å². The number of hydroxylamine groups is 1. The van der Waals surface area contributed by atoms with Gasteiger partial charge < -0.3 is 14.5 Å². The van der Waals surface area contributed by atoms with E-state index in [0.29, 0.717) is 11.7 Å². The molecule has 0 aliphatic heterocycles. The SMILES string of the molecule is COC(=O)CNC(=O)c1[nH+]c([C@H](CCCC2CCCCC2)CC(=O)NOCc2ccccc2)oc1C. The lowest BCUT2D eigenvalue weighted by Crippen LogP contribution is -2.34. The van der Waals surface area contributed by atoms with Gasteiger partial charge in [-0.15, -0.1) is 0 Å². The average Bonchev–Trinajstić information content (AvgIpc) is 3.29. The standard InChI is InChI=1S/C27H37N3O6/c1-19-25(26(33)28-17-24(32)34-2)29-27(36-19)22(15-9-14-20-10-5-3-6-11-20)16-23(31)30-35-18-21-12-7-4-8-13-21/h4,7-8,12-13,20,22H,3,5-6,9-11,14-18H2,1-2H3,(H,28,33)(H,30,31)/p+1/t22-/m1/s1. The summed E-state index contributed by atoms with van der Waals surface area (Å²) in [7, 11) is 1.26. The molecule has 2 aromatic rings. The predicted molar refractivity (Wildman–Crippen MR) is 132 cm³/mol. The fraction of sp³-hybridized carbons (Fsp3) is 0.556. The summed E-state index contributed by atoms with van der Waals surface area (Å²) in [5, 5.41) is 2.51. The zero-order valence-electron chi connectivity index (χ0n) is 21.3. The molecule has 3 N–H and O–H groups in total. The van der Waals surface area contributed by atoms with Gasteiger partial charge >= 0.3 is 23.5 Å². The van der Waals surface area contributed by atoms with Crippen LogP contribution in [0, 0.1) is 12.8 Å². The first-order chi connectivity index (χ1) is 17.5. The molecule has 196 valence electrons. The minimum absolute atomic E-state index is 0.159. The average molecular weight is 501 g/mol. The molecule has 1 aliphatic carbocycles. The van der Waals surface area contributed by atoms with Crippen molar-refractivity contribution in [3.05, 3.63) is 53.2 Å². The highest BCUT2D eigenvalue weighted by Crippen LogP contribution is 2.31. The Morgan fingerprint density at radius 2 is 1.89 bits per heavy atom. The Labute approximate surface area is 212 Å². The highest BCUT2D eigenvalue weighted by Gasteiger charge is 2.31. The third-order valence-electron chi connectivity index (χ3n) is 6.67. The van der Waals surface area contributed by atoms with Gasteiger partial charge in [-0.3, -0.25) is 19.2 Å². The van der Waals surface area contributed by atoms with Crippen LogP contribution in [0.5, 0.6) is 0 Å². The number of esters is 1. The molecule has 0 bridgehead atoms. The number of carbonyl (C=O) groups excluding carboxylic acids is 3. The number of hydrogen-bond donors (Lipinski definition) is 2. The molecule has 2 amide bonds. The van der Waals surface area contributed by atoms with E-state index in [1.54, 1.807) is 6.92 Å². The molecule has 1 aromatic heterocycles. The van der Waals surface area contributed by atoms with E-state index in [0.717, 1.165) is 30.7 Å². The van der Waals surface area contributed by atoms with Crippen LogP contribution in [0.25, 0.3) is 0 Å². The van der Waals surface area contributed by atoms with Crippen LogP contribution in [-0.2, 0) is 25.8 Å². The molecule has 0 spiro atoms. The van der Waals surface area contributed by atoms with Crippen molar-refractivity contribution in [2.75, 3.05) is 13.7 Å². The van der Waals surface area contributed by atoms with Crippen LogP contribution >= 0.6 is 0 Å². The molecule has 1 saturated carbocycles. The second-order valence-corrected chi connectivity index (χ2v) is 9.42. The van der Waals surface area contributed by atoms with Gasteiger partial charge in [0.25, 0.3) is 0 Å². The number of rotatable bonds is 13. The topological polar surface area (TPSA) is 121 Å². The number of aromatic amines is 1. The van der Waals surface area contributed by atoms with Gasteiger partial charge in [-0.1, -0.05) is 75.3 Å². The summed E-state index contributed by atoms with van der Waals surface area (Å²) in [6.45, 7) is 1.71. The normalized spacial score (nSPS) is 14.7. The largest absolute Gasteiger partial charge is 0.468 e. The fourth-order valence-electron chi connectivity index (χ4n) is 4.66. The molecule has 0 radical (unpaired) electrons. The quantitative estimate of drug-likeness (QED) is 0.319. The number of nitrogens with one attached hydrogen (secondary N) is 3. The predicted octanol–water partition coefficient (Wildman–Crippen LogP) is 3.78. The molecular weight excluding hydrogens is 462 g/mol. The van der Waals surface area contributed by atoms with Crippen molar-refractivity contribution < 1.29 is 33.4 Å². The highest BCUT2D eigenvalue weighted by molar-refractivity contribution is 5.93. The van der Waals surface area contributed by atoms with E-state index in [9.17, 15) is 14.4 Å². The first kappa shape index (κ1) is 27.4. The Kier molecular flexibility index (Phi) is 10.9. The molecule has 3 rings (SSSR count). The number of ether oxygens (including phenoxy) is 1. The number of aryl methyl sites for hydroxylation is 1. The van der Waals surface area contributed by atoms with Crippen LogP contribution in [-0.4, -0.2) is 31.4 Å². The first-order valence-corrected chi connectivity index (χ1v) is 12.8. The number of aromatic nitrogens is 1. The van der Waals surface area contributed by atoms with Crippen molar-refractivity contribution >= 4 is 17.8 Å². The fourth-order valence-corrected chi connectivity index (χ4v) is 4.66. The maximum absolute atomic E-state index is 12.7. The Bertz CT molecular complexity index is 985. The van der Waals surface area contributed by atoms with Gasteiger partial charge in [-0.25, -0.2) is 5.48 Å². The maximum Gasteiger partial charge on any atom is 0.349 e. The van der Waals surface area contributed by atoms with Gasteiger partial charge in [0.05, 0.1) is 19.6 Å². The number of benzene rings is 1. The molecule has 1 heterocycles. The lowest BCUT2D eigenvalue weighted by Gasteiger charge is -2.21. The van der Waals surface area contributed by atoms with Crippen LogP contribution < -0.4 is 15.8 Å². The van der Waals surface area contributed by atoms with Crippen LogP contribution in [0.3, 0.4) is 0 Å². The molecule has 9 heteroatoms. The van der Waals surface area contributed by atoms with E-state index in [1.807, 2.05) is 30.3 Å². The molecule has 36 heavy (non-hydrogen) atoms. The van der Waals surface area contributed by atoms with Gasteiger partial charge in [0.1, 0.15) is 6.54 Å². The zero-order valence-corrected chi connectivity index (χ0v) is 21.3. The molecule has 0 saturated heterocycles. The summed E-state index contributed by atoms with van der Waals surface area (Å²) in [6, 6.07) is 9.60. The van der Waals surface area contributed by atoms with Crippen LogP contribution in [0.1, 0.15) is 91.4 Å². The second kappa shape index (κ2) is 14.4. The van der Waals surface area contributed by atoms with Crippen LogP contribution in [0.2, 0.25) is 0 Å². The van der Waals surface area contributed by atoms with Crippen LogP contribution in [0.4, 0.5) is 0 Å². The van der Waals surface area contributed by atoms with Gasteiger partial charge in [-0.2, -0.15) is 4.98 Å². The van der Waals surface area contributed by atoms with Crippen molar-refractivity contribution in [2.24, 2.45) is 5.92 Å². The molecular formula is C27H38N3O6+. The Hall–Kier alpha value is -3.20. The summed E-state index contributed by atoms with van der Waals surface area (Å²) >= 11 is 0. The van der Waals surface area contributed by atoms with Gasteiger partial charge in [0.15, 0.2) is 5.76 Å².